The summed E-state index contributed by atoms with van der Waals surface area (Å²) in [6.45, 7) is 6.44. The summed E-state index contributed by atoms with van der Waals surface area (Å²) in [5.41, 5.74) is 27.7. The van der Waals surface area contributed by atoms with Gasteiger partial charge in [0.05, 0.1) is 18.7 Å². The number of carbonyl (C=O) groups excluding carboxylic acids is 10. The Morgan fingerprint density at radius 2 is 1.04 bits per heavy atom. The predicted molar refractivity (Wildman–Crippen MR) is 256 cm³/mol. The summed E-state index contributed by atoms with van der Waals surface area (Å²) in [6, 6.07) is -5.26. The number of nitrogens with two attached hydrogens (primary N) is 5. The van der Waals surface area contributed by atoms with Crippen LogP contribution in [-0.2, 0) is 54.4 Å². The summed E-state index contributed by atoms with van der Waals surface area (Å²) < 4.78 is 0. The summed E-state index contributed by atoms with van der Waals surface area (Å²) in [6.07, 6.45) is -0.559. The Bertz CT molecular complexity index is 1940. The molecule has 8 atom stereocenters. The van der Waals surface area contributed by atoms with Gasteiger partial charge in [0.15, 0.2) is 5.96 Å². The fraction of sp³-hybridized carbons (Fsp3) is 0.605. The average molecular weight is 994 g/mol. The number of carbonyl (C=O) groups is 10. The SMILES string of the molecule is CC(C)C[C@H](NC(=O)[C@H](CCC(N)=O)NC(=O)[C@H](CS)NC(=O)[C@H](CO)NC(=O)[C@@H](N)CC(C)C)C(=O)N[C@@H](Cc1ccc(O)cc1)C(=O)N[C@@H](CCC(N)=O)C(=O)N[C@H](C=O)CCCN=C(N)N. The molecule has 0 saturated heterocycles. The van der Waals surface area contributed by atoms with Gasteiger partial charge in [-0.15, -0.1) is 0 Å². The predicted octanol–water partition coefficient (Wildman–Crippen LogP) is -4.55. The number of phenolic OH excluding ortho intramolecular Hbond substituents is 1. The molecule has 25 nitrogen and oxygen atoms in total. The zero-order valence-corrected chi connectivity index (χ0v) is 40.3. The number of primary amides is 2. The molecule has 1 rings (SSSR count). The lowest BCUT2D eigenvalue weighted by atomic mass is 9.99. The first kappa shape index (κ1) is 60.5. The van der Waals surface area contributed by atoms with Crippen LogP contribution in [0.2, 0.25) is 0 Å². The van der Waals surface area contributed by atoms with E-state index in [-0.39, 0.29) is 80.8 Å². The number of hydrogen-bond acceptors (Lipinski definition) is 15. The van der Waals surface area contributed by atoms with Crippen LogP contribution in [-0.4, -0.2) is 143 Å². The highest BCUT2D eigenvalue weighted by Gasteiger charge is 2.34. The van der Waals surface area contributed by atoms with Gasteiger partial charge in [-0.25, -0.2) is 0 Å². The number of benzene rings is 1. The molecule has 0 aromatic heterocycles. The number of aromatic hydroxyl groups is 1. The Hall–Kier alpha value is -6.54. The van der Waals surface area contributed by atoms with Gasteiger partial charge in [-0.1, -0.05) is 39.8 Å². The number of aliphatic hydroxyl groups excluding tert-OH is 1. The van der Waals surface area contributed by atoms with Crippen LogP contribution in [0.3, 0.4) is 0 Å². The largest absolute Gasteiger partial charge is 0.508 e. The number of thiol groups is 1. The molecule has 386 valence electrons. The van der Waals surface area contributed by atoms with Crippen LogP contribution in [0.25, 0.3) is 0 Å². The van der Waals surface area contributed by atoms with Crippen molar-refractivity contribution in [3.63, 3.8) is 0 Å². The van der Waals surface area contributed by atoms with Crippen molar-refractivity contribution in [2.45, 2.75) is 134 Å². The number of aliphatic imine (C=N–C) groups is 1. The van der Waals surface area contributed by atoms with Crippen molar-refractivity contribution in [1.29, 1.82) is 0 Å². The van der Waals surface area contributed by atoms with E-state index in [1.807, 2.05) is 13.8 Å². The van der Waals surface area contributed by atoms with E-state index in [0.717, 1.165) is 0 Å². The van der Waals surface area contributed by atoms with E-state index in [4.69, 9.17) is 28.7 Å². The Morgan fingerprint density at radius 3 is 1.52 bits per heavy atom. The molecule has 9 amide bonds. The van der Waals surface area contributed by atoms with Crippen molar-refractivity contribution in [1.82, 2.24) is 37.2 Å². The van der Waals surface area contributed by atoms with Crippen molar-refractivity contribution < 1.29 is 58.2 Å². The van der Waals surface area contributed by atoms with E-state index in [1.165, 1.54) is 24.3 Å². The molecular weight excluding hydrogens is 923 g/mol. The average Bonchev–Trinajstić information content (AvgIpc) is 3.27. The van der Waals surface area contributed by atoms with Gasteiger partial charge >= 0.3 is 0 Å². The van der Waals surface area contributed by atoms with Gasteiger partial charge in [0.1, 0.15) is 48.3 Å². The number of nitrogens with zero attached hydrogens (tertiary/aromatic N) is 1. The van der Waals surface area contributed by atoms with Crippen LogP contribution >= 0.6 is 12.6 Å². The molecule has 26 heteroatoms. The summed E-state index contributed by atoms with van der Waals surface area (Å²) in [5, 5.41) is 37.1. The highest BCUT2D eigenvalue weighted by Crippen LogP contribution is 2.14. The van der Waals surface area contributed by atoms with Crippen molar-refractivity contribution in [2.75, 3.05) is 18.9 Å². The van der Waals surface area contributed by atoms with Gasteiger partial charge in [0, 0.05) is 31.6 Å². The molecule has 0 saturated carbocycles. The van der Waals surface area contributed by atoms with E-state index < -0.39 is 115 Å². The van der Waals surface area contributed by atoms with Gasteiger partial charge < -0.3 is 80.9 Å². The second kappa shape index (κ2) is 31.5. The zero-order chi connectivity index (χ0) is 52.4. The quantitative estimate of drug-likeness (QED) is 0.0104. The van der Waals surface area contributed by atoms with Crippen LogP contribution < -0.4 is 65.9 Å². The molecule has 0 radical (unpaired) electrons. The molecule has 1 aromatic carbocycles. The maximum absolute atomic E-state index is 14.2. The number of aliphatic hydroxyl groups is 1. The highest BCUT2D eigenvalue weighted by molar-refractivity contribution is 7.80. The molecule has 1 aromatic rings. The standard InChI is InChI=1S/C43H71N13O12S/c1-22(2)16-27(44)36(62)55-32(20-58)41(67)56-33(21-69)42(68)52-29(12-14-35(46)61)38(64)53-30(17-23(3)4)39(65)54-31(18-24-7-9-26(59)10-8-24)40(66)51-28(11-13-34(45)60)37(63)50-25(19-57)6-5-15-49-43(47)48/h7-10,19,22-23,25,27-33,58-59,69H,5-6,11-18,20-21,44H2,1-4H3,(H2,45,60)(H2,46,61)(H,50,63)(H,51,66)(H,52,68)(H,53,64)(H,54,65)(H,55,62)(H,56,67)(H4,47,48,49)/t25-,27-,28-,29-,30-,31-,32-,33-/m0/s1. The first-order chi connectivity index (χ1) is 32.4. The second-order valence-electron chi connectivity index (χ2n) is 17.2. The molecule has 0 heterocycles. The Balaban J connectivity index is 3.46. The molecule has 0 aliphatic heterocycles. The molecule has 19 N–H and O–H groups in total. The summed E-state index contributed by atoms with van der Waals surface area (Å²) in [4.78, 5) is 134. The third-order valence-corrected chi connectivity index (χ3v) is 10.5. The molecule has 0 bridgehead atoms. The Kier molecular flexibility index (Phi) is 27.6. The number of hydrogen-bond donors (Lipinski definition) is 15. The molecule has 0 unspecified atom stereocenters. The molecule has 0 spiro atoms. The van der Waals surface area contributed by atoms with Crippen LogP contribution in [0.5, 0.6) is 5.75 Å². The monoisotopic (exact) mass is 994 g/mol. The Labute approximate surface area is 406 Å². The van der Waals surface area contributed by atoms with Crippen molar-refractivity contribution >= 4 is 78.0 Å². The number of phenols is 1. The van der Waals surface area contributed by atoms with Crippen molar-refractivity contribution in [3.05, 3.63) is 29.8 Å². The van der Waals surface area contributed by atoms with Gasteiger partial charge in [-0.2, -0.15) is 12.6 Å². The second-order valence-corrected chi connectivity index (χ2v) is 17.5. The highest BCUT2D eigenvalue weighted by atomic mass is 32.1. The number of amides is 9. The van der Waals surface area contributed by atoms with Gasteiger partial charge in [0.2, 0.25) is 53.2 Å². The van der Waals surface area contributed by atoms with Crippen LogP contribution in [0.15, 0.2) is 29.3 Å². The third kappa shape index (κ3) is 24.4. The minimum Gasteiger partial charge on any atom is -0.508 e. The number of guanidine groups is 1. The first-order valence-corrected chi connectivity index (χ1v) is 23.0. The molecule has 0 aliphatic rings. The van der Waals surface area contributed by atoms with Crippen LogP contribution in [0.4, 0.5) is 0 Å². The fourth-order valence-corrected chi connectivity index (χ4v) is 6.77. The topological polar surface area (TPSA) is 438 Å². The smallest absolute Gasteiger partial charge is 0.245 e. The molecular formula is C43H71N13O12S. The van der Waals surface area contributed by atoms with Crippen molar-refractivity contribution in [2.24, 2.45) is 45.5 Å². The molecule has 69 heavy (non-hydrogen) atoms. The summed E-state index contributed by atoms with van der Waals surface area (Å²) in [5.74, 6) is -8.81. The Morgan fingerprint density at radius 1 is 0.609 bits per heavy atom. The summed E-state index contributed by atoms with van der Waals surface area (Å²) in [7, 11) is 0. The fourth-order valence-electron chi connectivity index (χ4n) is 6.51. The van der Waals surface area contributed by atoms with Gasteiger partial charge in [-0.3, -0.25) is 48.1 Å². The normalized spacial score (nSPS) is 14.5. The van der Waals surface area contributed by atoms with E-state index in [2.05, 4.69) is 54.8 Å². The molecule has 0 fully saturated rings. The zero-order valence-electron chi connectivity index (χ0n) is 39.4. The van der Waals surface area contributed by atoms with Crippen LogP contribution in [0, 0.1) is 11.8 Å². The van der Waals surface area contributed by atoms with E-state index in [0.29, 0.717) is 18.3 Å². The van der Waals surface area contributed by atoms with Crippen molar-refractivity contribution in [3.8, 4) is 5.75 Å². The van der Waals surface area contributed by atoms with Gasteiger partial charge in [0.25, 0.3) is 0 Å². The number of nitrogens with one attached hydrogen (secondary N) is 7. The summed E-state index contributed by atoms with van der Waals surface area (Å²) >= 11 is 4.14. The molecule has 0 aliphatic carbocycles. The number of aldehydes is 1. The lowest BCUT2D eigenvalue weighted by Gasteiger charge is -2.28. The van der Waals surface area contributed by atoms with E-state index in [9.17, 15) is 58.2 Å². The minimum atomic E-state index is -1.54. The van der Waals surface area contributed by atoms with E-state index >= 15 is 0 Å². The number of rotatable bonds is 33. The lowest BCUT2D eigenvalue weighted by Crippen LogP contribution is -2.61. The maximum Gasteiger partial charge on any atom is 0.245 e. The minimum absolute atomic E-state index is 0.0358. The first-order valence-electron chi connectivity index (χ1n) is 22.4. The third-order valence-electron chi connectivity index (χ3n) is 10.1. The van der Waals surface area contributed by atoms with Gasteiger partial charge in [-0.05, 0) is 68.1 Å². The van der Waals surface area contributed by atoms with Crippen LogP contribution in [0.1, 0.15) is 84.6 Å². The lowest BCUT2D eigenvalue weighted by molar-refractivity contribution is -0.136. The maximum atomic E-state index is 14.2. The van der Waals surface area contributed by atoms with E-state index in [1.54, 1.807) is 13.8 Å².